The summed E-state index contributed by atoms with van der Waals surface area (Å²) in [4.78, 5) is 22.4. The molecule has 23 heavy (non-hydrogen) atoms. The lowest BCUT2D eigenvalue weighted by molar-refractivity contribution is -0.141. The smallest absolute Gasteiger partial charge is 0.322 e. The second-order valence-corrected chi connectivity index (χ2v) is 6.66. The minimum Gasteiger partial charge on any atom is -0.480 e. The van der Waals surface area contributed by atoms with Gasteiger partial charge in [0.05, 0.1) is 13.5 Å². The van der Waals surface area contributed by atoms with Crippen molar-refractivity contribution in [3.8, 4) is 0 Å². The first-order valence-corrected chi connectivity index (χ1v) is 8.27. The molecule has 0 saturated carbocycles. The summed E-state index contributed by atoms with van der Waals surface area (Å²) >= 11 is 0. The molecule has 1 atom stereocenters. The zero-order chi connectivity index (χ0) is 17.5. The number of carboxylic acid groups (broad SMARTS) is 1. The molecule has 0 fully saturated rings. The molecule has 1 aromatic carbocycles. The Labute approximate surface area is 135 Å². The molecule has 0 saturated heterocycles. The molecule has 1 aromatic rings. The minimum absolute atomic E-state index is 0.0141. The Morgan fingerprint density at radius 3 is 2.43 bits per heavy atom. The van der Waals surface area contributed by atoms with Crippen molar-refractivity contribution in [3.05, 3.63) is 35.9 Å². The molecule has 0 spiro atoms. The van der Waals surface area contributed by atoms with Gasteiger partial charge in [-0.1, -0.05) is 30.3 Å². The molecule has 8 nitrogen and oxygen atoms in total. The van der Waals surface area contributed by atoms with Gasteiger partial charge in [-0.3, -0.25) is 9.59 Å². The summed E-state index contributed by atoms with van der Waals surface area (Å²) in [5.41, 5.74) is 0.694. The molecule has 0 unspecified atom stereocenters. The third-order valence-corrected chi connectivity index (χ3v) is 4.73. The van der Waals surface area contributed by atoms with Crippen molar-refractivity contribution >= 4 is 22.1 Å². The number of carbonyl (C=O) groups is 2. The Balaban J connectivity index is 2.74. The fraction of sp³-hybridized carbons (Fsp3) is 0.429. The molecule has 0 bridgehead atoms. The van der Waals surface area contributed by atoms with Crippen molar-refractivity contribution < 1.29 is 27.9 Å². The van der Waals surface area contributed by atoms with Crippen LogP contribution in [-0.4, -0.2) is 56.5 Å². The van der Waals surface area contributed by atoms with Crippen LogP contribution in [-0.2, 0) is 31.0 Å². The zero-order valence-electron chi connectivity index (χ0n) is 12.9. The van der Waals surface area contributed by atoms with Crippen molar-refractivity contribution in [1.82, 2.24) is 9.03 Å². The summed E-state index contributed by atoms with van der Waals surface area (Å²) in [6, 6.07) is 7.39. The van der Waals surface area contributed by atoms with Crippen LogP contribution in [0, 0.1) is 0 Å². The number of carbonyl (C=O) groups excluding carboxylic acids is 1. The molecule has 2 N–H and O–H groups in total. The maximum Gasteiger partial charge on any atom is 0.322 e. The van der Waals surface area contributed by atoms with Gasteiger partial charge in [-0.25, -0.2) is 0 Å². The second-order valence-electron chi connectivity index (χ2n) is 4.85. The van der Waals surface area contributed by atoms with Crippen molar-refractivity contribution in [3.63, 3.8) is 0 Å². The van der Waals surface area contributed by atoms with E-state index in [1.807, 2.05) is 0 Å². The van der Waals surface area contributed by atoms with Gasteiger partial charge in [-0.05, 0) is 12.0 Å². The Bertz CT molecular complexity index is 632. The maximum atomic E-state index is 12.1. The van der Waals surface area contributed by atoms with Crippen molar-refractivity contribution in [2.24, 2.45) is 0 Å². The lowest BCUT2D eigenvalue weighted by Gasteiger charge is -2.21. The monoisotopic (exact) mass is 344 g/mol. The Kier molecular flexibility index (Phi) is 7.14. The Hall–Kier alpha value is -1.97. The number of benzene rings is 1. The highest BCUT2D eigenvalue weighted by Crippen LogP contribution is 2.06. The van der Waals surface area contributed by atoms with Crippen molar-refractivity contribution in [1.29, 1.82) is 0 Å². The van der Waals surface area contributed by atoms with E-state index in [2.05, 4.69) is 9.46 Å². The van der Waals surface area contributed by atoms with Crippen LogP contribution >= 0.6 is 0 Å². The molecule has 0 amide bonds. The average Bonchev–Trinajstić information content (AvgIpc) is 2.52. The van der Waals surface area contributed by atoms with Crippen molar-refractivity contribution in [2.45, 2.75) is 18.9 Å². The molecule has 1 rings (SSSR count). The van der Waals surface area contributed by atoms with Crippen molar-refractivity contribution in [2.75, 3.05) is 20.7 Å². The molecular weight excluding hydrogens is 324 g/mol. The van der Waals surface area contributed by atoms with Crippen LogP contribution in [0.2, 0.25) is 0 Å². The quantitative estimate of drug-likeness (QED) is 0.610. The van der Waals surface area contributed by atoms with Crippen LogP contribution in [0.3, 0.4) is 0 Å². The molecule has 9 heteroatoms. The van der Waals surface area contributed by atoms with Gasteiger partial charge >= 0.3 is 11.9 Å². The van der Waals surface area contributed by atoms with Gasteiger partial charge in [-0.15, -0.1) is 0 Å². The van der Waals surface area contributed by atoms with Crippen LogP contribution in [0.15, 0.2) is 30.3 Å². The number of rotatable bonds is 9. The largest absolute Gasteiger partial charge is 0.480 e. The Morgan fingerprint density at radius 1 is 1.30 bits per heavy atom. The summed E-state index contributed by atoms with van der Waals surface area (Å²) in [5, 5.41) is 9.22. The number of carboxylic acids is 1. The zero-order valence-corrected chi connectivity index (χ0v) is 13.7. The van der Waals surface area contributed by atoms with E-state index in [0.717, 1.165) is 4.31 Å². The summed E-state index contributed by atoms with van der Waals surface area (Å²) in [6.45, 7) is -0.111. The van der Waals surface area contributed by atoms with E-state index in [1.54, 1.807) is 30.3 Å². The number of hydrogen-bond acceptors (Lipinski definition) is 5. The normalized spacial score (nSPS) is 12.8. The van der Waals surface area contributed by atoms with Gasteiger partial charge in [-0.2, -0.15) is 17.4 Å². The number of nitrogens with zero attached hydrogens (tertiary/aromatic N) is 1. The van der Waals surface area contributed by atoms with E-state index < -0.39 is 28.2 Å². The van der Waals surface area contributed by atoms with Gasteiger partial charge in [0.2, 0.25) is 0 Å². The molecule has 0 aliphatic carbocycles. The first kappa shape index (κ1) is 19.1. The van der Waals surface area contributed by atoms with Gasteiger partial charge in [0.1, 0.15) is 6.04 Å². The fourth-order valence-corrected chi connectivity index (χ4v) is 2.83. The van der Waals surface area contributed by atoms with Crippen LogP contribution < -0.4 is 4.72 Å². The average molecular weight is 344 g/mol. The second kappa shape index (κ2) is 8.61. The summed E-state index contributed by atoms with van der Waals surface area (Å²) in [7, 11) is -1.57. The predicted octanol–water partition coefficient (Wildman–Crippen LogP) is 0.0116. The van der Waals surface area contributed by atoms with E-state index in [-0.39, 0.29) is 19.4 Å². The fourth-order valence-electron chi connectivity index (χ4n) is 1.77. The first-order valence-electron chi connectivity index (χ1n) is 6.83. The number of aliphatic carboxylic acids is 1. The van der Waals surface area contributed by atoms with Crippen LogP contribution in [0.4, 0.5) is 0 Å². The standard InChI is InChI=1S/C14H20N2O6S/c1-16(9-8-13(17)22-2)23(20,21)15-12(14(18)19)10-11-6-4-3-5-7-11/h3-7,12,15H,8-10H2,1-2H3,(H,18,19)/t12-/m1/s1. The minimum atomic E-state index is -4.03. The predicted molar refractivity (Wildman–Crippen MR) is 82.9 cm³/mol. The molecule has 0 radical (unpaired) electrons. The first-order chi connectivity index (χ1) is 10.8. The third kappa shape index (κ3) is 6.35. The number of ether oxygens (including phenoxy) is 1. The number of methoxy groups -OCH3 is 1. The van der Waals surface area contributed by atoms with E-state index in [1.165, 1.54) is 14.2 Å². The van der Waals surface area contributed by atoms with Crippen LogP contribution in [0.1, 0.15) is 12.0 Å². The van der Waals surface area contributed by atoms with E-state index in [4.69, 9.17) is 0 Å². The maximum absolute atomic E-state index is 12.1. The summed E-state index contributed by atoms with van der Waals surface area (Å²) in [6.07, 6.45) is -0.107. The molecule has 0 heterocycles. The molecule has 128 valence electrons. The topological polar surface area (TPSA) is 113 Å². The van der Waals surface area contributed by atoms with Gasteiger partial charge in [0.25, 0.3) is 10.2 Å². The molecular formula is C14H20N2O6S. The lowest BCUT2D eigenvalue weighted by Crippen LogP contribution is -2.48. The molecule has 0 aromatic heterocycles. The van der Waals surface area contributed by atoms with Crippen LogP contribution in [0.25, 0.3) is 0 Å². The highest BCUT2D eigenvalue weighted by atomic mass is 32.2. The van der Waals surface area contributed by atoms with Gasteiger partial charge in [0.15, 0.2) is 0 Å². The van der Waals surface area contributed by atoms with Crippen LogP contribution in [0.5, 0.6) is 0 Å². The highest BCUT2D eigenvalue weighted by molar-refractivity contribution is 7.87. The lowest BCUT2D eigenvalue weighted by atomic mass is 10.1. The molecule has 0 aliphatic heterocycles. The summed E-state index contributed by atoms with van der Waals surface area (Å²) < 4.78 is 31.7. The van der Waals surface area contributed by atoms with E-state index >= 15 is 0 Å². The number of hydrogen-bond donors (Lipinski definition) is 2. The van der Waals surface area contributed by atoms with E-state index in [0.29, 0.717) is 5.56 Å². The van der Waals surface area contributed by atoms with Gasteiger partial charge < -0.3 is 9.84 Å². The number of nitrogens with one attached hydrogen (secondary N) is 1. The Morgan fingerprint density at radius 2 is 1.91 bits per heavy atom. The SMILES string of the molecule is COC(=O)CCN(C)S(=O)(=O)N[C@H](Cc1ccccc1)C(=O)O. The van der Waals surface area contributed by atoms with E-state index in [9.17, 15) is 23.1 Å². The van der Waals surface area contributed by atoms with Gasteiger partial charge in [0, 0.05) is 13.6 Å². The number of esters is 1. The summed E-state index contributed by atoms with van der Waals surface area (Å²) in [5.74, 6) is -1.83. The molecule has 0 aliphatic rings. The third-order valence-electron chi connectivity index (χ3n) is 3.14. The highest BCUT2D eigenvalue weighted by Gasteiger charge is 2.27.